The van der Waals surface area contributed by atoms with E-state index in [4.69, 9.17) is 9.47 Å². The Bertz CT molecular complexity index is 726. The molecule has 0 saturated carbocycles. The van der Waals surface area contributed by atoms with E-state index in [0.717, 1.165) is 5.56 Å². The minimum absolute atomic E-state index is 0.144. The summed E-state index contributed by atoms with van der Waals surface area (Å²) in [6, 6.07) is -1.23. The average molecular weight is 379 g/mol. The summed E-state index contributed by atoms with van der Waals surface area (Å²) in [4.78, 5) is 37.5. The van der Waals surface area contributed by atoms with E-state index >= 15 is 0 Å². The minimum atomic E-state index is -0.805. The number of nitrogens with one attached hydrogen (secondary N) is 3. The lowest BCUT2D eigenvalue weighted by molar-refractivity contribution is -0.149. The van der Waals surface area contributed by atoms with E-state index in [1.807, 2.05) is 0 Å². The maximum atomic E-state index is 12.5. The van der Waals surface area contributed by atoms with Crippen molar-refractivity contribution in [2.45, 2.75) is 51.3 Å². The van der Waals surface area contributed by atoms with E-state index in [1.54, 1.807) is 27.0 Å². The lowest BCUT2D eigenvalue weighted by Crippen LogP contribution is -2.39. The van der Waals surface area contributed by atoms with Crippen molar-refractivity contribution in [3.8, 4) is 0 Å². The number of rotatable bonds is 6. The number of nitrogens with zero attached hydrogens (tertiary/aromatic N) is 2. The van der Waals surface area contributed by atoms with E-state index in [-0.39, 0.29) is 18.7 Å². The molecule has 10 heteroatoms. The van der Waals surface area contributed by atoms with E-state index in [2.05, 4.69) is 20.8 Å². The summed E-state index contributed by atoms with van der Waals surface area (Å²) in [5, 5.41) is 12.3. The van der Waals surface area contributed by atoms with Gasteiger partial charge in [-0.1, -0.05) is 0 Å². The number of alkyl carbamates (subject to hydrolysis) is 1. The van der Waals surface area contributed by atoms with Crippen molar-refractivity contribution >= 4 is 18.1 Å². The second-order valence-corrected chi connectivity index (χ2v) is 7.60. The molecule has 0 aliphatic carbocycles. The number of hydrogen-bond acceptors (Lipinski definition) is 6. The Morgan fingerprint density at radius 3 is 2.89 bits per heavy atom. The summed E-state index contributed by atoms with van der Waals surface area (Å²) in [5.41, 5.74) is 0.883. The van der Waals surface area contributed by atoms with Gasteiger partial charge in [-0.2, -0.15) is 5.10 Å². The molecule has 1 fully saturated rings. The molecule has 27 heavy (non-hydrogen) atoms. The predicted molar refractivity (Wildman–Crippen MR) is 93.7 cm³/mol. The van der Waals surface area contributed by atoms with Gasteiger partial charge >= 0.3 is 18.1 Å². The Morgan fingerprint density at radius 2 is 2.15 bits per heavy atom. The topological polar surface area (TPSA) is 126 Å². The second-order valence-electron chi connectivity index (χ2n) is 7.60. The van der Waals surface area contributed by atoms with Crippen molar-refractivity contribution in [3.05, 3.63) is 17.5 Å². The van der Waals surface area contributed by atoms with Crippen molar-refractivity contribution in [1.82, 2.24) is 25.7 Å². The van der Waals surface area contributed by atoms with Gasteiger partial charge in [0.2, 0.25) is 0 Å². The van der Waals surface area contributed by atoms with Gasteiger partial charge in [-0.15, -0.1) is 0 Å². The van der Waals surface area contributed by atoms with Crippen LogP contribution in [0.3, 0.4) is 0 Å². The number of esters is 1. The number of urea groups is 1. The molecule has 3 heterocycles. The van der Waals surface area contributed by atoms with Gasteiger partial charge in [-0.25, -0.2) is 14.4 Å². The highest BCUT2D eigenvalue weighted by molar-refractivity contribution is 5.88. The number of carbonyl (C=O) groups excluding carboxylic acids is 3. The number of amides is 3. The zero-order valence-electron chi connectivity index (χ0n) is 15.7. The maximum Gasteiger partial charge on any atom is 0.407 e. The van der Waals surface area contributed by atoms with Gasteiger partial charge in [-0.3, -0.25) is 5.10 Å². The van der Waals surface area contributed by atoms with E-state index in [1.165, 1.54) is 4.90 Å². The number of aromatic nitrogens is 2. The highest BCUT2D eigenvalue weighted by atomic mass is 16.6. The van der Waals surface area contributed by atoms with Gasteiger partial charge in [0.1, 0.15) is 5.60 Å². The van der Waals surface area contributed by atoms with Crippen LogP contribution in [-0.2, 0) is 14.3 Å². The number of fused-ring (bicyclic) bond motifs is 4. The van der Waals surface area contributed by atoms with Crippen LogP contribution in [0.5, 0.6) is 0 Å². The van der Waals surface area contributed by atoms with Crippen LogP contribution in [0.2, 0.25) is 0 Å². The summed E-state index contributed by atoms with van der Waals surface area (Å²) in [6.45, 7) is 6.44. The Hall–Kier alpha value is -2.78. The van der Waals surface area contributed by atoms with Crippen LogP contribution in [0.15, 0.2) is 6.20 Å². The molecule has 10 nitrogen and oxygen atoms in total. The molecule has 3 amide bonds. The number of ether oxygens (including phenoxy) is 2. The van der Waals surface area contributed by atoms with Crippen molar-refractivity contribution in [2.24, 2.45) is 0 Å². The van der Waals surface area contributed by atoms with E-state index < -0.39 is 23.7 Å². The first-order valence-electron chi connectivity index (χ1n) is 9.00. The van der Waals surface area contributed by atoms with Crippen LogP contribution >= 0.6 is 0 Å². The molecule has 3 N–H and O–H groups in total. The van der Waals surface area contributed by atoms with Crippen LogP contribution < -0.4 is 10.6 Å². The first kappa shape index (κ1) is 19.0. The molecule has 2 bridgehead atoms. The summed E-state index contributed by atoms with van der Waals surface area (Å²) in [5.74, 6) is -0.490. The van der Waals surface area contributed by atoms with Crippen LogP contribution in [0.25, 0.3) is 0 Å². The first-order valence-corrected chi connectivity index (χ1v) is 9.00. The SMILES string of the molecule is CC(C)(C)OC(=O)NCCCCOC(=O)C1c2[nH]ncc2C2CN1C(=O)N2. The Kier molecular flexibility index (Phi) is 5.24. The van der Waals surface area contributed by atoms with Crippen molar-refractivity contribution in [2.75, 3.05) is 19.7 Å². The highest BCUT2D eigenvalue weighted by Gasteiger charge is 2.47. The molecular weight excluding hydrogens is 354 g/mol. The number of carbonyl (C=O) groups is 3. The molecule has 2 unspecified atom stereocenters. The molecular formula is C17H25N5O5. The zero-order valence-corrected chi connectivity index (χ0v) is 15.7. The summed E-state index contributed by atoms with van der Waals surface area (Å²) >= 11 is 0. The van der Waals surface area contributed by atoms with Crippen molar-refractivity contribution in [3.63, 3.8) is 0 Å². The third kappa shape index (κ3) is 4.32. The summed E-state index contributed by atoms with van der Waals surface area (Å²) in [6.07, 6.45) is 2.38. The zero-order chi connectivity index (χ0) is 19.6. The highest BCUT2D eigenvalue weighted by Crippen LogP contribution is 2.37. The summed E-state index contributed by atoms with van der Waals surface area (Å²) < 4.78 is 10.5. The smallest absolute Gasteiger partial charge is 0.407 e. The lowest BCUT2D eigenvalue weighted by Gasteiger charge is -2.28. The quantitative estimate of drug-likeness (QED) is 0.506. The van der Waals surface area contributed by atoms with Crippen LogP contribution in [0.4, 0.5) is 9.59 Å². The van der Waals surface area contributed by atoms with Crippen LogP contribution in [-0.4, -0.2) is 58.5 Å². The van der Waals surface area contributed by atoms with Gasteiger partial charge in [0.25, 0.3) is 0 Å². The molecule has 1 aromatic rings. The third-order valence-electron chi connectivity index (χ3n) is 4.30. The average Bonchev–Trinajstić information content (AvgIpc) is 3.16. The van der Waals surface area contributed by atoms with Gasteiger partial charge < -0.3 is 25.0 Å². The van der Waals surface area contributed by atoms with Crippen molar-refractivity contribution in [1.29, 1.82) is 0 Å². The van der Waals surface area contributed by atoms with E-state index in [0.29, 0.717) is 31.6 Å². The normalized spacial score (nSPS) is 20.7. The molecule has 1 saturated heterocycles. The number of unbranched alkanes of at least 4 members (excludes halogenated alkanes) is 1. The molecule has 2 aliphatic heterocycles. The Balaban J connectivity index is 1.42. The third-order valence-corrected chi connectivity index (χ3v) is 4.30. The number of aromatic amines is 1. The molecule has 0 radical (unpaired) electrons. The number of hydrogen-bond donors (Lipinski definition) is 3. The van der Waals surface area contributed by atoms with Crippen LogP contribution in [0, 0.1) is 0 Å². The van der Waals surface area contributed by atoms with E-state index in [9.17, 15) is 14.4 Å². The molecule has 0 aromatic carbocycles. The molecule has 1 aromatic heterocycles. The van der Waals surface area contributed by atoms with Gasteiger partial charge in [0.05, 0.1) is 24.5 Å². The van der Waals surface area contributed by atoms with Crippen LogP contribution in [0.1, 0.15) is 57.0 Å². The maximum absolute atomic E-state index is 12.5. The number of H-pyrrole nitrogens is 1. The lowest BCUT2D eigenvalue weighted by atomic mass is 9.98. The summed E-state index contributed by atoms with van der Waals surface area (Å²) in [7, 11) is 0. The Labute approximate surface area is 156 Å². The van der Waals surface area contributed by atoms with Gasteiger partial charge in [0.15, 0.2) is 6.04 Å². The second kappa shape index (κ2) is 7.45. The fourth-order valence-electron chi connectivity index (χ4n) is 3.14. The fourth-order valence-corrected chi connectivity index (χ4v) is 3.14. The predicted octanol–water partition coefficient (Wildman–Crippen LogP) is 1.38. The molecule has 2 atom stereocenters. The fraction of sp³-hybridized carbons (Fsp3) is 0.647. The standard InChI is InChI=1S/C17H25N5O5/c1-17(2,3)27-16(25)18-6-4-5-7-26-14(23)13-12-10(8-19-21-12)11-9-22(13)15(24)20-11/h8,11,13H,4-7,9H2,1-3H3,(H,18,25)(H,19,21)(H,20,24). The van der Waals surface area contributed by atoms with Gasteiger partial charge in [-0.05, 0) is 33.6 Å². The minimum Gasteiger partial charge on any atom is -0.464 e. The monoisotopic (exact) mass is 379 g/mol. The first-order chi connectivity index (χ1) is 12.8. The van der Waals surface area contributed by atoms with Gasteiger partial charge in [0, 0.05) is 18.7 Å². The molecule has 2 aliphatic rings. The largest absolute Gasteiger partial charge is 0.464 e. The Morgan fingerprint density at radius 1 is 1.37 bits per heavy atom. The van der Waals surface area contributed by atoms with Crippen molar-refractivity contribution < 1.29 is 23.9 Å². The molecule has 0 spiro atoms. The molecule has 3 rings (SSSR count). The molecule has 148 valence electrons.